The number of amides is 3. The second-order valence-corrected chi connectivity index (χ2v) is 6.54. The standard InChI is InChI=1S/C20H21F2N3O2/c1-23-20(27)25-9-3-6-15(12-25)13-4-2-5-14(10-13)19(26)24-18-8-7-16(21)11-17(18)22/h2,4-5,7-8,10-11,15H,3,6,9,12H2,1H3,(H,23,27)(H,24,26)/t15-/m1/s1. The van der Waals surface area contributed by atoms with E-state index in [-0.39, 0.29) is 17.6 Å². The molecule has 0 radical (unpaired) electrons. The van der Waals surface area contributed by atoms with Crippen molar-refractivity contribution in [3.8, 4) is 0 Å². The maximum absolute atomic E-state index is 13.8. The maximum Gasteiger partial charge on any atom is 0.317 e. The molecule has 1 aliphatic heterocycles. The summed E-state index contributed by atoms with van der Waals surface area (Å²) in [7, 11) is 1.60. The predicted octanol–water partition coefficient (Wildman–Crippen LogP) is 3.74. The molecule has 0 bridgehead atoms. The second kappa shape index (κ2) is 8.16. The molecule has 2 aromatic carbocycles. The third-order valence-corrected chi connectivity index (χ3v) is 4.72. The third-order valence-electron chi connectivity index (χ3n) is 4.72. The van der Waals surface area contributed by atoms with Crippen LogP contribution in [0.2, 0.25) is 0 Å². The van der Waals surface area contributed by atoms with Gasteiger partial charge < -0.3 is 15.5 Å². The first-order chi connectivity index (χ1) is 13.0. The van der Waals surface area contributed by atoms with E-state index >= 15 is 0 Å². The Labute approximate surface area is 156 Å². The highest BCUT2D eigenvalue weighted by molar-refractivity contribution is 6.04. The monoisotopic (exact) mass is 373 g/mol. The van der Waals surface area contributed by atoms with E-state index in [0.29, 0.717) is 18.7 Å². The average molecular weight is 373 g/mol. The summed E-state index contributed by atoms with van der Waals surface area (Å²) in [6.07, 6.45) is 1.81. The Morgan fingerprint density at radius 1 is 1.15 bits per heavy atom. The van der Waals surface area contributed by atoms with Gasteiger partial charge in [0, 0.05) is 37.7 Å². The molecule has 1 heterocycles. The molecule has 142 valence electrons. The van der Waals surface area contributed by atoms with Crippen LogP contribution in [-0.2, 0) is 0 Å². The van der Waals surface area contributed by atoms with Crippen molar-refractivity contribution in [1.82, 2.24) is 10.2 Å². The number of piperidine rings is 1. The molecule has 3 rings (SSSR count). The second-order valence-electron chi connectivity index (χ2n) is 6.54. The van der Waals surface area contributed by atoms with E-state index in [4.69, 9.17) is 0 Å². The molecule has 5 nitrogen and oxygen atoms in total. The molecule has 7 heteroatoms. The number of hydrogen-bond acceptors (Lipinski definition) is 2. The Morgan fingerprint density at radius 2 is 1.96 bits per heavy atom. The number of anilines is 1. The zero-order valence-electron chi connectivity index (χ0n) is 15.0. The number of nitrogens with zero attached hydrogens (tertiary/aromatic N) is 1. The molecule has 1 atom stereocenters. The van der Waals surface area contributed by atoms with Crippen LogP contribution in [0, 0.1) is 11.6 Å². The van der Waals surface area contributed by atoms with Crippen molar-refractivity contribution in [2.75, 3.05) is 25.5 Å². The number of carbonyl (C=O) groups is 2. The number of urea groups is 1. The van der Waals surface area contributed by atoms with E-state index in [2.05, 4.69) is 10.6 Å². The quantitative estimate of drug-likeness (QED) is 0.861. The molecule has 1 saturated heterocycles. The van der Waals surface area contributed by atoms with Gasteiger partial charge in [0.2, 0.25) is 0 Å². The van der Waals surface area contributed by atoms with Gasteiger partial charge in [0.1, 0.15) is 11.6 Å². The number of benzene rings is 2. The van der Waals surface area contributed by atoms with E-state index in [1.165, 1.54) is 6.07 Å². The molecule has 0 aromatic heterocycles. The van der Waals surface area contributed by atoms with Crippen LogP contribution in [0.3, 0.4) is 0 Å². The number of halogens is 2. The van der Waals surface area contributed by atoms with Crippen molar-refractivity contribution in [1.29, 1.82) is 0 Å². The molecule has 0 aliphatic carbocycles. The fraction of sp³-hybridized carbons (Fsp3) is 0.300. The Balaban J connectivity index is 1.74. The molecule has 2 aromatic rings. The average Bonchev–Trinajstić information content (AvgIpc) is 2.69. The largest absolute Gasteiger partial charge is 0.341 e. The van der Waals surface area contributed by atoms with Gasteiger partial charge in [-0.1, -0.05) is 12.1 Å². The molecule has 1 aliphatic rings. The van der Waals surface area contributed by atoms with Gasteiger partial charge >= 0.3 is 6.03 Å². The fourth-order valence-electron chi connectivity index (χ4n) is 3.31. The molecule has 3 amide bonds. The first kappa shape index (κ1) is 18.8. The Hall–Kier alpha value is -2.96. The maximum atomic E-state index is 13.8. The lowest BCUT2D eigenvalue weighted by Crippen LogP contribution is -2.43. The number of nitrogens with one attached hydrogen (secondary N) is 2. The normalized spacial score (nSPS) is 16.7. The van der Waals surface area contributed by atoms with Crippen molar-refractivity contribution >= 4 is 17.6 Å². The number of rotatable bonds is 3. The topological polar surface area (TPSA) is 61.4 Å². The van der Waals surface area contributed by atoms with Crippen molar-refractivity contribution in [2.45, 2.75) is 18.8 Å². The highest BCUT2D eigenvalue weighted by Crippen LogP contribution is 2.28. The van der Waals surface area contributed by atoms with Gasteiger partial charge in [-0.25, -0.2) is 13.6 Å². The van der Waals surface area contributed by atoms with Crippen LogP contribution in [0.1, 0.15) is 34.7 Å². The van der Waals surface area contributed by atoms with E-state index in [1.807, 2.05) is 6.07 Å². The number of hydrogen-bond donors (Lipinski definition) is 2. The highest BCUT2D eigenvalue weighted by Gasteiger charge is 2.24. The summed E-state index contributed by atoms with van der Waals surface area (Å²) in [5, 5.41) is 5.10. The zero-order chi connectivity index (χ0) is 19.4. The smallest absolute Gasteiger partial charge is 0.317 e. The molecule has 27 heavy (non-hydrogen) atoms. The van der Waals surface area contributed by atoms with Gasteiger partial charge in [0.05, 0.1) is 5.69 Å². The van der Waals surface area contributed by atoms with Gasteiger partial charge in [-0.3, -0.25) is 4.79 Å². The summed E-state index contributed by atoms with van der Waals surface area (Å²) in [5.41, 5.74) is 1.26. The first-order valence-electron chi connectivity index (χ1n) is 8.81. The van der Waals surface area contributed by atoms with Crippen molar-refractivity contribution in [2.24, 2.45) is 0 Å². The van der Waals surface area contributed by atoms with Crippen molar-refractivity contribution in [3.05, 3.63) is 65.2 Å². The summed E-state index contributed by atoms with van der Waals surface area (Å²) < 4.78 is 26.7. The summed E-state index contributed by atoms with van der Waals surface area (Å²) >= 11 is 0. The summed E-state index contributed by atoms with van der Waals surface area (Å²) in [4.78, 5) is 26.1. The van der Waals surface area contributed by atoms with E-state index in [9.17, 15) is 18.4 Å². The van der Waals surface area contributed by atoms with Gasteiger partial charge in [0.25, 0.3) is 5.91 Å². The van der Waals surface area contributed by atoms with E-state index in [1.54, 1.807) is 30.1 Å². The van der Waals surface area contributed by atoms with Crippen LogP contribution in [0.25, 0.3) is 0 Å². The summed E-state index contributed by atoms with van der Waals surface area (Å²) in [6.45, 7) is 1.29. The number of likely N-dealkylation sites (tertiary alicyclic amines) is 1. The van der Waals surface area contributed by atoms with Crippen LogP contribution in [-0.4, -0.2) is 37.0 Å². The molecular weight excluding hydrogens is 352 g/mol. The fourth-order valence-corrected chi connectivity index (χ4v) is 3.31. The minimum atomic E-state index is -0.826. The van der Waals surface area contributed by atoms with Gasteiger partial charge in [-0.15, -0.1) is 0 Å². The van der Waals surface area contributed by atoms with Gasteiger partial charge in [-0.05, 0) is 42.7 Å². The molecule has 0 spiro atoms. The summed E-state index contributed by atoms with van der Waals surface area (Å²) in [5.74, 6) is -1.87. The molecule has 1 fully saturated rings. The predicted molar refractivity (Wildman–Crippen MR) is 98.8 cm³/mol. The van der Waals surface area contributed by atoms with Crippen LogP contribution in [0.4, 0.5) is 19.3 Å². The lowest BCUT2D eigenvalue weighted by atomic mass is 9.89. The Morgan fingerprint density at radius 3 is 2.70 bits per heavy atom. The van der Waals surface area contributed by atoms with Crippen LogP contribution in [0.15, 0.2) is 42.5 Å². The van der Waals surface area contributed by atoms with Crippen molar-refractivity contribution < 1.29 is 18.4 Å². The number of carbonyl (C=O) groups excluding carboxylic acids is 2. The van der Waals surface area contributed by atoms with Gasteiger partial charge in [-0.2, -0.15) is 0 Å². The molecule has 0 saturated carbocycles. The molecule has 0 unspecified atom stereocenters. The Bertz CT molecular complexity index is 857. The van der Waals surface area contributed by atoms with Crippen LogP contribution < -0.4 is 10.6 Å². The first-order valence-corrected chi connectivity index (χ1v) is 8.81. The van der Waals surface area contributed by atoms with E-state index < -0.39 is 17.5 Å². The molecular formula is C20H21F2N3O2. The molecule has 2 N–H and O–H groups in total. The van der Waals surface area contributed by atoms with Crippen LogP contribution >= 0.6 is 0 Å². The lowest BCUT2D eigenvalue weighted by Gasteiger charge is -2.32. The van der Waals surface area contributed by atoms with Crippen molar-refractivity contribution in [3.63, 3.8) is 0 Å². The lowest BCUT2D eigenvalue weighted by molar-refractivity contribution is 0.102. The SMILES string of the molecule is CNC(=O)N1CCC[C@@H](c2cccc(C(=O)Nc3ccc(F)cc3F)c2)C1. The minimum absolute atomic E-state index is 0.0738. The van der Waals surface area contributed by atoms with Crippen LogP contribution in [0.5, 0.6) is 0 Å². The third kappa shape index (κ3) is 4.42. The minimum Gasteiger partial charge on any atom is -0.341 e. The highest BCUT2D eigenvalue weighted by atomic mass is 19.1. The summed E-state index contributed by atoms with van der Waals surface area (Å²) in [6, 6.07) is 9.98. The van der Waals surface area contributed by atoms with Gasteiger partial charge in [0.15, 0.2) is 0 Å². The zero-order valence-corrected chi connectivity index (χ0v) is 15.0. The van der Waals surface area contributed by atoms with E-state index in [0.717, 1.165) is 30.5 Å². The Kier molecular flexibility index (Phi) is 5.69.